The molecule has 0 spiro atoms. The Labute approximate surface area is 98.7 Å². The van der Waals surface area contributed by atoms with Crippen molar-refractivity contribution >= 4 is 28.6 Å². The monoisotopic (exact) mass is 327 g/mol. The van der Waals surface area contributed by atoms with E-state index in [4.69, 9.17) is 5.11 Å². The number of aliphatic carboxylic acids is 1. The van der Waals surface area contributed by atoms with Gasteiger partial charge in [0, 0.05) is 15.3 Å². The molecule has 1 aromatic heterocycles. The lowest BCUT2D eigenvalue weighted by molar-refractivity contribution is -0.136. The predicted molar refractivity (Wildman–Crippen MR) is 58.0 cm³/mol. The Hall–Kier alpha value is -0.790. The number of carboxylic acids is 1. The van der Waals surface area contributed by atoms with Crippen LogP contribution in [0, 0.1) is 10.5 Å². The number of alkyl halides is 2. The van der Waals surface area contributed by atoms with E-state index >= 15 is 0 Å². The highest BCUT2D eigenvalue weighted by Gasteiger charge is 2.18. The van der Waals surface area contributed by atoms with Gasteiger partial charge in [0.1, 0.15) is 0 Å². The predicted octanol–water partition coefficient (Wildman–Crippen LogP) is 2.56. The molecule has 0 unspecified atom stereocenters. The lowest BCUT2D eigenvalue weighted by Gasteiger charge is -2.10. The lowest BCUT2D eigenvalue weighted by Crippen LogP contribution is -2.08. The third-order valence-corrected chi connectivity index (χ3v) is 2.82. The summed E-state index contributed by atoms with van der Waals surface area (Å²) in [6.45, 7) is 1.47. The van der Waals surface area contributed by atoms with Gasteiger partial charge in [-0.2, -0.15) is 0 Å². The Balaban J connectivity index is 3.22. The van der Waals surface area contributed by atoms with Crippen molar-refractivity contribution in [3.63, 3.8) is 0 Å². The largest absolute Gasteiger partial charge is 0.481 e. The van der Waals surface area contributed by atoms with E-state index in [1.165, 1.54) is 13.1 Å². The Bertz CT molecular complexity index is 396. The minimum Gasteiger partial charge on any atom is -0.481 e. The summed E-state index contributed by atoms with van der Waals surface area (Å²) in [5.41, 5.74) is 0.333. The van der Waals surface area contributed by atoms with Crippen LogP contribution in [0.5, 0.6) is 0 Å². The number of carbonyl (C=O) groups is 1. The van der Waals surface area contributed by atoms with Crippen LogP contribution in [0.2, 0.25) is 0 Å². The number of carboxylic acid groups (broad SMARTS) is 1. The summed E-state index contributed by atoms with van der Waals surface area (Å²) in [4.78, 5) is 14.3. The summed E-state index contributed by atoms with van der Waals surface area (Å²) >= 11 is 1.76. The molecule has 15 heavy (non-hydrogen) atoms. The molecule has 0 atom stereocenters. The number of aromatic nitrogens is 1. The van der Waals surface area contributed by atoms with E-state index in [-0.39, 0.29) is 23.2 Å². The maximum absolute atomic E-state index is 12.6. The van der Waals surface area contributed by atoms with Gasteiger partial charge in [-0.3, -0.25) is 9.78 Å². The molecule has 0 fully saturated rings. The molecule has 0 aliphatic rings. The molecule has 1 rings (SSSR count). The SMILES string of the molecule is Cc1c(CC(=O)O)ncc(I)c1C(F)F. The number of halogens is 3. The quantitative estimate of drug-likeness (QED) is 0.868. The van der Waals surface area contributed by atoms with Gasteiger partial charge in [-0.15, -0.1) is 0 Å². The second-order valence-electron chi connectivity index (χ2n) is 2.96. The van der Waals surface area contributed by atoms with Crippen LogP contribution in [0.1, 0.15) is 23.2 Å². The van der Waals surface area contributed by atoms with Gasteiger partial charge in [0.2, 0.25) is 0 Å². The number of nitrogens with zero attached hydrogens (tertiary/aromatic N) is 1. The molecule has 6 heteroatoms. The Morgan fingerprint density at radius 3 is 2.73 bits per heavy atom. The molecule has 1 aromatic rings. The van der Waals surface area contributed by atoms with Crippen LogP contribution in [0.4, 0.5) is 8.78 Å². The van der Waals surface area contributed by atoms with Gasteiger partial charge < -0.3 is 5.11 Å². The van der Waals surface area contributed by atoms with E-state index in [0.29, 0.717) is 3.57 Å². The van der Waals surface area contributed by atoms with Crippen LogP contribution in [0.3, 0.4) is 0 Å². The van der Waals surface area contributed by atoms with E-state index in [0.717, 1.165) is 0 Å². The van der Waals surface area contributed by atoms with Crippen molar-refractivity contribution in [2.75, 3.05) is 0 Å². The summed E-state index contributed by atoms with van der Waals surface area (Å²) in [5, 5.41) is 8.56. The fraction of sp³-hybridized carbons (Fsp3) is 0.333. The van der Waals surface area contributed by atoms with Crippen molar-refractivity contribution in [3.05, 3.63) is 26.6 Å². The smallest absolute Gasteiger partial charge is 0.309 e. The number of pyridine rings is 1. The molecule has 0 aliphatic carbocycles. The standard InChI is InChI=1S/C9H8F2INO2/c1-4-6(2-7(14)15)13-3-5(12)8(4)9(10)11/h3,9H,2H2,1H3,(H,14,15). The van der Waals surface area contributed by atoms with Gasteiger partial charge in [-0.25, -0.2) is 8.78 Å². The number of rotatable bonds is 3. The average Bonchev–Trinajstić information content (AvgIpc) is 2.09. The van der Waals surface area contributed by atoms with Crippen LogP contribution in [-0.4, -0.2) is 16.1 Å². The van der Waals surface area contributed by atoms with Crippen molar-refractivity contribution in [1.29, 1.82) is 0 Å². The first kappa shape index (κ1) is 12.3. The van der Waals surface area contributed by atoms with E-state index in [1.54, 1.807) is 22.6 Å². The summed E-state index contributed by atoms with van der Waals surface area (Å²) in [7, 11) is 0. The maximum Gasteiger partial charge on any atom is 0.309 e. The van der Waals surface area contributed by atoms with Crippen molar-refractivity contribution < 1.29 is 18.7 Å². The average molecular weight is 327 g/mol. The van der Waals surface area contributed by atoms with Gasteiger partial charge in [-0.1, -0.05) is 0 Å². The van der Waals surface area contributed by atoms with Crippen LogP contribution < -0.4 is 0 Å². The first-order chi connectivity index (χ1) is 6.93. The van der Waals surface area contributed by atoms with Gasteiger partial charge >= 0.3 is 5.97 Å². The number of hydrogen-bond acceptors (Lipinski definition) is 2. The molecule has 0 bridgehead atoms. The fourth-order valence-electron chi connectivity index (χ4n) is 1.22. The summed E-state index contributed by atoms with van der Waals surface area (Å²) in [6, 6.07) is 0. The number of hydrogen-bond donors (Lipinski definition) is 1. The zero-order valence-electron chi connectivity index (χ0n) is 7.80. The highest BCUT2D eigenvalue weighted by molar-refractivity contribution is 14.1. The third kappa shape index (κ3) is 2.83. The molecular weight excluding hydrogens is 319 g/mol. The zero-order valence-corrected chi connectivity index (χ0v) is 9.96. The van der Waals surface area contributed by atoms with E-state index in [9.17, 15) is 13.6 Å². The fourth-order valence-corrected chi connectivity index (χ4v) is 2.00. The van der Waals surface area contributed by atoms with Crippen molar-refractivity contribution in [3.8, 4) is 0 Å². The van der Waals surface area contributed by atoms with Crippen molar-refractivity contribution in [1.82, 2.24) is 4.98 Å². The Morgan fingerprint density at radius 2 is 2.27 bits per heavy atom. The lowest BCUT2D eigenvalue weighted by atomic mass is 10.1. The van der Waals surface area contributed by atoms with Crippen LogP contribution in [0.25, 0.3) is 0 Å². The van der Waals surface area contributed by atoms with E-state index in [1.807, 2.05) is 0 Å². The molecule has 1 N–H and O–H groups in total. The molecule has 0 aliphatic heterocycles. The molecule has 0 saturated heterocycles. The van der Waals surface area contributed by atoms with Crippen LogP contribution in [-0.2, 0) is 11.2 Å². The topological polar surface area (TPSA) is 50.2 Å². The second-order valence-corrected chi connectivity index (χ2v) is 4.12. The first-order valence-corrected chi connectivity index (χ1v) is 5.15. The van der Waals surface area contributed by atoms with Crippen molar-refractivity contribution in [2.24, 2.45) is 0 Å². The van der Waals surface area contributed by atoms with Gasteiger partial charge in [-0.05, 0) is 35.1 Å². The summed E-state index contributed by atoms with van der Waals surface area (Å²) in [5.74, 6) is -1.08. The zero-order chi connectivity index (χ0) is 11.6. The molecule has 1 heterocycles. The molecule has 0 amide bonds. The summed E-state index contributed by atoms with van der Waals surface area (Å²) in [6.07, 6.45) is -1.66. The highest BCUT2D eigenvalue weighted by atomic mass is 127. The highest BCUT2D eigenvalue weighted by Crippen LogP contribution is 2.28. The minimum atomic E-state index is -2.60. The van der Waals surface area contributed by atoms with Gasteiger partial charge in [0.15, 0.2) is 0 Å². The van der Waals surface area contributed by atoms with E-state index < -0.39 is 12.4 Å². The van der Waals surface area contributed by atoms with Crippen LogP contribution in [0.15, 0.2) is 6.20 Å². The van der Waals surface area contributed by atoms with Gasteiger partial charge in [0.05, 0.1) is 12.1 Å². The summed E-state index contributed by atoms with van der Waals surface area (Å²) < 4.78 is 25.6. The molecule has 0 saturated carbocycles. The van der Waals surface area contributed by atoms with E-state index in [2.05, 4.69) is 4.98 Å². The maximum atomic E-state index is 12.6. The van der Waals surface area contributed by atoms with Gasteiger partial charge in [0.25, 0.3) is 6.43 Å². The Morgan fingerprint density at radius 1 is 1.67 bits per heavy atom. The molecular formula is C9H8F2INO2. The second kappa shape index (κ2) is 4.82. The van der Waals surface area contributed by atoms with Crippen LogP contribution >= 0.6 is 22.6 Å². The van der Waals surface area contributed by atoms with Crippen molar-refractivity contribution in [2.45, 2.75) is 19.8 Å². The Kier molecular flexibility index (Phi) is 3.95. The molecule has 3 nitrogen and oxygen atoms in total. The third-order valence-electron chi connectivity index (χ3n) is 1.96. The molecule has 0 radical (unpaired) electrons. The minimum absolute atomic E-state index is 0.123. The normalized spacial score (nSPS) is 10.7. The molecule has 0 aromatic carbocycles. The molecule has 82 valence electrons. The first-order valence-electron chi connectivity index (χ1n) is 4.07.